The Hall–Kier alpha value is -1.97. The third-order valence-electron chi connectivity index (χ3n) is 5.21. The second kappa shape index (κ2) is 7.95. The van der Waals surface area contributed by atoms with Crippen LogP contribution in [0, 0.1) is 0 Å². The van der Waals surface area contributed by atoms with E-state index in [4.69, 9.17) is 0 Å². The van der Waals surface area contributed by atoms with Crippen LogP contribution in [0.2, 0.25) is 0 Å². The largest absolute Gasteiger partial charge is 0.339 e. The summed E-state index contributed by atoms with van der Waals surface area (Å²) >= 11 is 0. The summed E-state index contributed by atoms with van der Waals surface area (Å²) in [4.78, 5) is 29.7. The van der Waals surface area contributed by atoms with Crippen molar-refractivity contribution in [2.45, 2.75) is 11.8 Å². The molecule has 1 aromatic rings. The SMILES string of the molecule is CC(=O)N1CCN(C(=O)c2ccc(S(=O)(=O)N3CCN(C)CC3)cc2)CC1. The zero-order valence-corrected chi connectivity index (χ0v) is 16.6. The Morgan fingerprint density at radius 2 is 1.33 bits per heavy atom. The highest BCUT2D eigenvalue weighted by atomic mass is 32.2. The summed E-state index contributed by atoms with van der Waals surface area (Å²) < 4.78 is 27.0. The van der Waals surface area contributed by atoms with Gasteiger partial charge in [0.1, 0.15) is 0 Å². The van der Waals surface area contributed by atoms with Crippen LogP contribution in [0.4, 0.5) is 0 Å². The molecule has 0 N–H and O–H groups in total. The van der Waals surface area contributed by atoms with Gasteiger partial charge in [0.15, 0.2) is 0 Å². The monoisotopic (exact) mass is 394 g/mol. The average molecular weight is 394 g/mol. The van der Waals surface area contributed by atoms with Gasteiger partial charge in [0.25, 0.3) is 5.91 Å². The molecule has 0 bridgehead atoms. The van der Waals surface area contributed by atoms with Crippen LogP contribution >= 0.6 is 0 Å². The minimum Gasteiger partial charge on any atom is -0.339 e. The van der Waals surface area contributed by atoms with E-state index in [1.165, 1.54) is 23.4 Å². The van der Waals surface area contributed by atoms with E-state index in [-0.39, 0.29) is 16.7 Å². The quantitative estimate of drug-likeness (QED) is 0.717. The van der Waals surface area contributed by atoms with Gasteiger partial charge in [-0.15, -0.1) is 0 Å². The molecule has 0 aliphatic carbocycles. The molecule has 2 amide bonds. The van der Waals surface area contributed by atoms with E-state index in [1.807, 2.05) is 7.05 Å². The molecular weight excluding hydrogens is 368 g/mol. The Morgan fingerprint density at radius 3 is 1.85 bits per heavy atom. The number of nitrogens with zero attached hydrogens (tertiary/aromatic N) is 4. The molecule has 0 atom stereocenters. The van der Waals surface area contributed by atoms with Crippen molar-refractivity contribution < 1.29 is 18.0 Å². The van der Waals surface area contributed by atoms with Crippen LogP contribution in [0.25, 0.3) is 0 Å². The number of amides is 2. The number of rotatable bonds is 3. The van der Waals surface area contributed by atoms with Gasteiger partial charge in [0.05, 0.1) is 4.90 Å². The normalized spacial score (nSPS) is 19.9. The van der Waals surface area contributed by atoms with E-state index >= 15 is 0 Å². The molecule has 2 aliphatic rings. The number of sulfonamides is 1. The van der Waals surface area contributed by atoms with E-state index in [9.17, 15) is 18.0 Å². The summed E-state index contributed by atoms with van der Waals surface area (Å²) in [5, 5.41) is 0. The van der Waals surface area contributed by atoms with Gasteiger partial charge in [-0.25, -0.2) is 8.42 Å². The maximum absolute atomic E-state index is 12.8. The average Bonchev–Trinajstić information content (AvgIpc) is 2.68. The Morgan fingerprint density at radius 1 is 0.815 bits per heavy atom. The summed E-state index contributed by atoms with van der Waals surface area (Å²) in [5.74, 6) is -0.123. The fourth-order valence-electron chi connectivity index (χ4n) is 3.35. The number of carbonyl (C=O) groups excluding carboxylic acids is 2. The van der Waals surface area contributed by atoms with Gasteiger partial charge in [-0.05, 0) is 31.3 Å². The van der Waals surface area contributed by atoms with Crippen molar-refractivity contribution in [2.24, 2.45) is 0 Å². The van der Waals surface area contributed by atoms with Crippen molar-refractivity contribution in [1.82, 2.24) is 19.0 Å². The van der Waals surface area contributed by atoms with Crippen molar-refractivity contribution in [3.05, 3.63) is 29.8 Å². The van der Waals surface area contributed by atoms with E-state index in [1.54, 1.807) is 21.9 Å². The maximum atomic E-state index is 12.8. The summed E-state index contributed by atoms with van der Waals surface area (Å²) in [5.41, 5.74) is 0.462. The first-order chi connectivity index (χ1) is 12.8. The molecule has 2 heterocycles. The fourth-order valence-corrected chi connectivity index (χ4v) is 4.78. The predicted octanol–water partition coefficient (Wildman–Crippen LogP) is -0.0730. The van der Waals surface area contributed by atoms with Crippen molar-refractivity contribution in [2.75, 3.05) is 59.4 Å². The number of hydrogen-bond acceptors (Lipinski definition) is 5. The Labute approximate surface area is 160 Å². The Bertz CT molecular complexity index is 793. The summed E-state index contributed by atoms with van der Waals surface area (Å²) in [7, 11) is -1.56. The first-order valence-electron chi connectivity index (χ1n) is 9.12. The number of piperazine rings is 2. The van der Waals surface area contributed by atoms with E-state index in [0.717, 1.165) is 0 Å². The third-order valence-corrected chi connectivity index (χ3v) is 7.13. The van der Waals surface area contributed by atoms with Gasteiger partial charge < -0.3 is 14.7 Å². The van der Waals surface area contributed by atoms with Gasteiger partial charge in [-0.1, -0.05) is 0 Å². The fraction of sp³-hybridized carbons (Fsp3) is 0.556. The number of likely N-dealkylation sites (N-methyl/N-ethyl adjacent to an activating group) is 1. The molecule has 0 spiro atoms. The highest BCUT2D eigenvalue weighted by Gasteiger charge is 2.28. The van der Waals surface area contributed by atoms with Crippen molar-refractivity contribution in [1.29, 1.82) is 0 Å². The third kappa shape index (κ3) is 4.31. The highest BCUT2D eigenvalue weighted by Crippen LogP contribution is 2.19. The van der Waals surface area contributed by atoms with E-state index < -0.39 is 10.0 Å². The Balaban J connectivity index is 1.66. The number of hydrogen-bond donors (Lipinski definition) is 0. The zero-order chi connectivity index (χ0) is 19.6. The van der Waals surface area contributed by atoms with Crippen LogP contribution in [-0.4, -0.2) is 98.6 Å². The molecule has 1 aromatic carbocycles. The molecule has 9 heteroatoms. The standard InChI is InChI=1S/C18H26N4O4S/c1-15(23)20-9-11-21(12-10-20)18(24)16-3-5-17(6-4-16)27(25,26)22-13-7-19(2)8-14-22/h3-6H,7-14H2,1-2H3. The molecule has 2 aliphatic heterocycles. The first-order valence-corrected chi connectivity index (χ1v) is 10.6. The topological polar surface area (TPSA) is 81.2 Å². The minimum atomic E-state index is -3.53. The van der Waals surface area contributed by atoms with E-state index in [2.05, 4.69) is 4.90 Å². The molecule has 0 aromatic heterocycles. The van der Waals surface area contributed by atoms with Crippen LogP contribution in [0.5, 0.6) is 0 Å². The molecular formula is C18H26N4O4S. The number of carbonyl (C=O) groups is 2. The second-order valence-corrected chi connectivity index (χ2v) is 8.97. The van der Waals surface area contributed by atoms with Crippen LogP contribution in [0.1, 0.15) is 17.3 Å². The van der Waals surface area contributed by atoms with Crippen molar-refractivity contribution in [3.63, 3.8) is 0 Å². The van der Waals surface area contributed by atoms with Gasteiger partial charge in [0.2, 0.25) is 15.9 Å². The van der Waals surface area contributed by atoms with Gasteiger partial charge in [-0.3, -0.25) is 9.59 Å². The van der Waals surface area contributed by atoms with Crippen LogP contribution in [0.3, 0.4) is 0 Å². The minimum absolute atomic E-state index is 0.0144. The lowest BCUT2D eigenvalue weighted by Gasteiger charge is -2.34. The first kappa shape index (κ1) is 19.8. The molecule has 8 nitrogen and oxygen atoms in total. The molecule has 2 fully saturated rings. The Kier molecular flexibility index (Phi) is 5.83. The molecule has 27 heavy (non-hydrogen) atoms. The summed E-state index contributed by atoms with van der Waals surface area (Å²) in [6, 6.07) is 6.16. The highest BCUT2D eigenvalue weighted by molar-refractivity contribution is 7.89. The lowest BCUT2D eigenvalue weighted by Crippen LogP contribution is -2.50. The van der Waals surface area contributed by atoms with Gasteiger partial charge in [-0.2, -0.15) is 4.31 Å². The molecule has 148 valence electrons. The van der Waals surface area contributed by atoms with Gasteiger partial charge in [0, 0.05) is 64.8 Å². The smallest absolute Gasteiger partial charge is 0.253 e. The zero-order valence-electron chi connectivity index (χ0n) is 15.8. The molecule has 3 rings (SSSR count). The van der Waals surface area contributed by atoms with Crippen molar-refractivity contribution in [3.8, 4) is 0 Å². The van der Waals surface area contributed by atoms with Crippen LogP contribution < -0.4 is 0 Å². The number of benzene rings is 1. The maximum Gasteiger partial charge on any atom is 0.253 e. The summed E-state index contributed by atoms with van der Waals surface area (Å²) in [6.07, 6.45) is 0. The molecule has 0 radical (unpaired) electrons. The molecule has 2 saturated heterocycles. The second-order valence-electron chi connectivity index (χ2n) is 7.03. The van der Waals surface area contributed by atoms with Crippen LogP contribution in [0.15, 0.2) is 29.2 Å². The van der Waals surface area contributed by atoms with Gasteiger partial charge >= 0.3 is 0 Å². The summed E-state index contributed by atoms with van der Waals surface area (Å²) in [6.45, 7) is 5.91. The molecule has 0 unspecified atom stereocenters. The molecule has 0 saturated carbocycles. The van der Waals surface area contributed by atoms with E-state index in [0.29, 0.717) is 57.9 Å². The predicted molar refractivity (Wildman–Crippen MR) is 101 cm³/mol. The van der Waals surface area contributed by atoms with Crippen LogP contribution in [-0.2, 0) is 14.8 Å². The lowest BCUT2D eigenvalue weighted by molar-refractivity contribution is -0.130. The lowest BCUT2D eigenvalue weighted by atomic mass is 10.2. The van der Waals surface area contributed by atoms with Crippen molar-refractivity contribution >= 4 is 21.8 Å².